The van der Waals surface area contributed by atoms with Crippen molar-refractivity contribution in [3.8, 4) is 0 Å². The van der Waals surface area contributed by atoms with Crippen LogP contribution in [0.4, 0.5) is 10.1 Å². The maximum absolute atomic E-state index is 13.6. The minimum atomic E-state index is -4.04. The molecule has 0 saturated heterocycles. The van der Waals surface area contributed by atoms with E-state index in [2.05, 4.69) is 9.71 Å². The Labute approximate surface area is 123 Å². The van der Waals surface area contributed by atoms with Crippen molar-refractivity contribution in [1.82, 2.24) is 9.88 Å². The quantitative estimate of drug-likeness (QED) is 0.918. The van der Waals surface area contributed by atoms with E-state index in [1.807, 2.05) is 25.1 Å². The van der Waals surface area contributed by atoms with Gasteiger partial charge in [-0.2, -0.15) is 8.42 Å². The number of hydrogen-bond acceptors (Lipinski definition) is 4. The summed E-state index contributed by atoms with van der Waals surface area (Å²) in [5, 5.41) is -0.608. The third kappa shape index (κ3) is 3.99. The van der Waals surface area contributed by atoms with Gasteiger partial charge in [0.05, 0.1) is 0 Å². The molecule has 7 heteroatoms. The van der Waals surface area contributed by atoms with Gasteiger partial charge in [0.25, 0.3) is 10.0 Å². The van der Waals surface area contributed by atoms with E-state index in [0.717, 1.165) is 11.6 Å². The lowest BCUT2D eigenvalue weighted by Gasteiger charge is -2.12. The molecule has 5 nitrogen and oxygen atoms in total. The van der Waals surface area contributed by atoms with E-state index < -0.39 is 20.9 Å². The minimum Gasteiger partial charge on any atom is -0.305 e. The molecule has 0 aliphatic rings. The fraction of sp³-hybridized carbons (Fsp3) is 0.214. The zero-order valence-electron chi connectivity index (χ0n) is 11.7. The second-order valence-corrected chi connectivity index (χ2v) is 6.43. The van der Waals surface area contributed by atoms with Crippen molar-refractivity contribution in [3.05, 3.63) is 54.0 Å². The maximum Gasteiger partial charge on any atom is 0.282 e. The van der Waals surface area contributed by atoms with Crippen molar-refractivity contribution in [1.29, 1.82) is 0 Å². The third-order valence-electron chi connectivity index (χ3n) is 2.66. The molecule has 112 valence electrons. The van der Waals surface area contributed by atoms with E-state index in [1.165, 1.54) is 12.3 Å². The van der Waals surface area contributed by atoms with Crippen molar-refractivity contribution in [2.24, 2.45) is 0 Å². The Morgan fingerprint density at radius 3 is 2.67 bits per heavy atom. The molecule has 2 aromatic rings. The Kier molecular flexibility index (Phi) is 4.54. The van der Waals surface area contributed by atoms with E-state index in [-0.39, 0.29) is 0 Å². The first-order valence-electron chi connectivity index (χ1n) is 6.25. The first kappa shape index (κ1) is 15.4. The molecular weight excluding hydrogens is 293 g/mol. The average molecular weight is 309 g/mol. The van der Waals surface area contributed by atoms with Crippen LogP contribution in [0.15, 0.2) is 47.6 Å². The summed E-state index contributed by atoms with van der Waals surface area (Å²) in [6, 6.07) is 9.34. The molecule has 0 spiro atoms. The first-order valence-corrected chi connectivity index (χ1v) is 7.74. The standard InChI is InChI=1S/C14H16FN3O2S/c1-18(2)10-11-5-3-6-12(9-11)17-21(19,20)14-13(15)7-4-8-16-14/h3-9,17H,10H2,1-2H3. The van der Waals surface area contributed by atoms with Crippen LogP contribution in [-0.2, 0) is 16.6 Å². The smallest absolute Gasteiger partial charge is 0.282 e. The largest absolute Gasteiger partial charge is 0.305 e. The van der Waals surface area contributed by atoms with Gasteiger partial charge in [0.1, 0.15) is 0 Å². The first-order chi connectivity index (χ1) is 9.88. The summed E-state index contributed by atoms with van der Waals surface area (Å²) < 4.78 is 40.2. The van der Waals surface area contributed by atoms with Gasteiger partial charge in [-0.3, -0.25) is 4.72 Å². The Bertz CT molecular complexity index is 733. The van der Waals surface area contributed by atoms with E-state index in [9.17, 15) is 12.8 Å². The SMILES string of the molecule is CN(C)Cc1cccc(NS(=O)(=O)c2ncccc2F)c1. The van der Waals surface area contributed by atoms with Gasteiger partial charge in [0.15, 0.2) is 5.82 Å². The molecule has 0 saturated carbocycles. The average Bonchev–Trinajstić information content (AvgIpc) is 2.38. The molecule has 1 N–H and O–H groups in total. The Balaban J connectivity index is 2.27. The molecule has 2 rings (SSSR count). The zero-order chi connectivity index (χ0) is 15.5. The van der Waals surface area contributed by atoms with Gasteiger partial charge in [-0.15, -0.1) is 0 Å². The van der Waals surface area contributed by atoms with Crippen LogP contribution in [0.5, 0.6) is 0 Å². The molecule has 1 aromatic heterocycles. The van der Waals surface area contributed by atoms with Crippen LogP contribution in [0.25, 0.3) is 0 Å². The number of pyridine rings is 1. The van der Waals surface area contributed by atoms with Crippen LogP contribution in [0.2, 0.25) is 0 Å². The van der Waals surface area contributed by atoms with Gasteiger partial charge in [-0.1, -0.05) is 12.1 Å². The minimum absolute atomic E-state index is 0.374. The number of aromatic nitrogens is 1. The number of nitrogens with zero attached hydrogens (tertiary/aromatic N) is 2. The van der Waals surface area contributed by atoms with E-state index in [4.69, 9.17) is 0 Å². The fourth-order valence-electron chi connectivity index (χ4n) is 1.87. The van der Waals surface area contributed by atoms with Crippen LogP contribution in [0.1, 0.15) is 5.56 Å². The molecule has 0 aliphatic heterocycles. The second kappa shape index (κ2) is 6.19. The molecule has 1 heterocycles. The van der Waals surface area contributed by atoms with E-state index in [0.29, 0.717) is 12.2 Å². The molecule has 21 heavy (non-hydrogen) atoms. The van der Waals surface area contributed by atoms with Crippen molar-refractivity contribution in [2.75, 3.05) is 18.8 Å². The number of halogens is 1. The van der Waals surface area contributed by atoms with E-state index >= 15 is 0 Å². The predicted octanol–water partition coefficient (Wildman–Crippen LogP) is 2.08. The van der Waals surface area contributed by atoms with Crippen molar-refractivity contribution in [3.63, 3.8) is 0 Å². The second-order valence-electron chi connectivity index (χ2n) is 4.83. The van der Waals surface area contributed by atoms with Crippen molar-refractivity contribution < 1.29 is 12.8 Å². The van der Waals surface area contributed by atoms with Crippen LogP contribution in [0, 0.1) is 5.82 Å². The van der Waals surface area contributed by atoms with Crippen LogP contribution >= 0.6 is 0 Å². The summed E-state index contributed by atoms with van der Waals surface area (Å²) in [5.74, 6) is -0.880. The summed E-state index contributed by atoms with van der Waals surface area (Å²) in [7, 11) is -0.205. The van der Waals surface area contributed by atoms with Gasteiger partial charge in [0, 0.05) is 18.4 Å². The van der Waals surface area contributed by atoms with Gasteiger partial charge in [-0.25, -0.2) is 9.37 Å². The Morgan fingerprint density at radius 2 is 2.00 bits per heavy atom. The summed E-state index contributed by atoms with van der Waals surface area (Å²) >= 11 is 0. The van der Waals surface area contributed by atoms with Gasteiger partial charge in [0.2, 0.25) is 5.03 Å². The summed E-state index contributed by atoms with van der Waals surface area (Å²) in [5.41, 5.74) is 1.32. The van der Waals surface area contributed by atoms with E-state index in [1.54, 1.807) is 18.2 Å². The highest BCUT2D eigenvalue weighted by atomic mass is 32.2. The van der Waals surface area contributed by atoms with Crippen molar-refractivity contribution >= 4 is 15.7 Å². The van der Waals surface area contributed by atoms with Crippen LogP contribution in [0.3, 0.4) is 0 Å². The van der Waals surface area contributed by atoms with Crippen LogP contribution < -0.4 is 4.72 Å². The summed E-state index contributed by atoms with van der Waals surface area (Å²) in [6.07, 6.45) is 1.24. The monoisotopic (exact) mass is 309 g/mol. The van der Waals surface area contributed by atoms with Gasteiger partial charge < -0.3 is 4.90 Å². The maximum atomic E-state index is 13.6. The molecule has 0 radical (unpaired) electrons. The van der Waals surface area contributed by atoms with Crippen molar-refractivity contribution in [2.45, 2.75) is 11.6 Å². The Morgan fingerprint density at radius 1 is 1.24 bits per heavy atom. The highest BCUT2D eigenvalue weighted by Gasteiger charge is 2.20. The summed E-state index contributed by atoms with van der Waals surface area (Å²) in [6.45, 7) is 0.674. The normalized spacial score (nSPS) is 11.6. The predicted molar refractivity (Wildman–Crippen MR) is 78.8 cm³/mol. The highest BCUT2D eigenvalue weighted by molar-refractivity contribution is 7.92. The number of rotatable bonds is 5. The lowest BCUT2D eigenvalue weighted by molar-refractivity contribution is 0.402. The van der Waals surface area contributed by atoms with Crippen LogP contribution in [-0.4, -0.2) is 32.4 Å². The Hall–Kier alpha value is -1.99. The molecule has 0 atom stereocenters. The fourth-order valence-corrected chi connectivity index (χ4v) is 2.93. The topological polar surface area (TPSA) is 62.3 Å². The zero-order valence-corrected chi connectivity index (χ0v) is 12.6. The molecular formula is C14H16FN3O2S. The molecule has 0 unspecified atom stereocenters. The molecule has 0 fully saturated rings. The molecule has 0 bridgehead atoms. The molecule has 1 aromatic carbocycles. The number of anilines is 1. The molecule has 0 amide bonds. The lowest BCUT2D eigenvalue weighted by Crippen LogP contribution is -2.16. The summed E-state index contributed by atoms with van der Waals surface area (Å²) in [4.78, 5) is 5.55. The van der Waals surface area contributed by atoms with Gasteiger partial charge in [-0.05, 0) is 43.9 Å². The number of nitrogens with one attached hydrogen (secondary N) is 1. The molecule has 0 aliphatic carbocycles. The third-order valence-corrected chi connectivity index (χ3v) is 3.97. The lowest BCUT2D eigenvalue weighted by atomic mass is 10.2. The number of sulfonamides is 1. The number of benzene rings is 1. The number of hydrogen-bond donors (Lipinski definition) is 1. The van der Waals surface area contributed by atoms with Gasteiger partial charge >= 0.3 is 0 Å². The highest BCUT2D eigenvalue weighted by Crippen LogP contribution is 2.18.